The van der Waals surface area contributed by atoms with Crippen LogP contribution >= 0.6 is 8.53 Å². The summed E-state index contributed by atoms with van der Waals surface area (Å²) >= 11 is 0. The Balaban J connectivity index is 2.05. The Hall–Kier alpha value is -0.260. The van der Waals surface area contributed by atoms with Gasteiger partial charge in [0.15, 0.2) is 0 Å². The molecule has 1 aliphatic rings. The molecule has 0 aromatic heterocycles. The van der Waals surface area contributed by atoms with Gasteiger partial charge in [0.05, 0.1) is 12.7 Å². The molecule has 1 aliphatic heterocycles. The summed E-state index contributed by atoms with van der Waals surface area (Å²) in [5, 5.41) is 12.1. The molecule has 0 aliphatic carbocycles. The van der Waals surface area contributed by atoms with Gasteiger partial charge in [0.1, 0.15) is 6.04 Å². The number of aliphatic carboxylic acids is 1. The molecule has 6 nitrogen and oxygen atoms in total. The molecule has 3 N–H and O–H groups in total. The van der Waals surface area contributed by atoms with Crippen molar-refractivity contribution < 1.29 is 24.1 Å². The van der Waals surface area contributed by atoms with E-state index < -0.39 is 20.5 Å². The molecule has 0 bridgehead atoms. The molecular formula is C20H40NO5P. The number of hydrogen-bond acceptors (Lipinski definition) is 5. The Kier molecular flexibility index (Phi) is 14.4. The Labute approximate surface area is 166 Å². The number of ether oxygens (including phenoxy) is 1. The third-order valence-electron chi connectivity index (χ3n) is 5.08. The van der Waals surface area contributed by atoms with Crippen LogP contribution in [0.25, 0.3) is 0 Å². The van der Waals surface area contributed by atoms with E-state index in [-0.39, 0.29) is 6.10 Å². The van der Waals surface area contributed by atoms with Gasteiger partial charge in [0.2, 0.25) is 0 Å². The number of unbranched alkanes of at least 4 members (excludes halogenated alkanes) is 9. The van der Waals surface area contributed by atoms with Crippen LogP contribution in [0.15, 0.2) is 0 Å². The second-order valence-electron chi connectivity index (χ2n) is 7.86. The van der Waals surface area contributed by atoms with Crippen molar-refractivity contribution in [2.75, 3.05) is 13.2 Å². The standard InChI is InChI=1S/C20H40NO5P/c1-3-4-5-6-7-8-9-10-11-12-13-19(20(22)23)21-27(24)26-16-18-14-17(2)15-25-18/h17-19,21,24H,3-16H2,1-2H3,(H,22,23)/t17?,18?,19?,27-/m0/s1. The number of carbonyl (C=O) groups is 1. The number of nitrogens with one attached hydrogen (secondary N) is 1. The van der Waals surface area contributed by atoms with Gasteiger partial charge < -0.3 is 19.3 Å². The largest absolute Gasteiger partial charge is 0.480 e. The van der Waals surface area contributed by atoms with E-state index in [1.165, 1.54) is 44.9 Å². The van der Waals surface area contributed by atoms with E-state index in [9.17, 15) is 14.8 Å². The quantitative estimate of drug-likeness (QED) is 0.233. The van der Waals surface area contributed by atoms with E-state index in [4.69, 9.17) is 9.26 Å². The zero-order chi connectivity index (χ0) is 19.9. The van der Waals surface area contributed by atoms with Crippen LogP contribution in [0.3, 0.4) is 0 Å². The third-order valence-corrected chi connectivity index (χ3v) is 6.00. The summed E-state index contributed by atoms with van der Waals surface area (Å²) < 4.78 is 10.9. The Bertz CT molecular complexity index is 385. The zero-order valence-electron chi connectivity index (χ0n) is 17.2. The van der Waals surface area contributed by atoms with Gasteiger partial charge in [-0.15, -0.1) is 0 Å². The van der Waals surface area contributed by atoms with Crippen molar-refractivity contribution >= 4 is 14.5 Å². The predicted molar refractivity (Wildman–Crippen MR) is 110 cm³/mol. The van der Waals surface area contributed by atoms with E-state index in [1.807, 2.05) is 0 Å². The van der Waals surface area contributed by atoms with Gasteiger partial charge in [0, 0.05) is 6.61 Å². The lowest BCUT2D eigenvalue weighted by atomic mass is 10.0. The lowest BCUT2D eigenvalue weighted by Gasteiger charge is -2.19. The molecule has 0 radical (unpaired) electrons. The highest BCUT2D eigenvalue weighted by Crippen LogP contribution is 2.30. The Morgan fingerprint density at radius 1 is 1.15 bits per heavy atom. The maximum atomic E-state index is 11.4. The van der Waals surface area contributed by atoms with Crippen molar-refractivity contribution in [1.82, 2.24) is 5.09 Å². The molecule has 3 unspecified atom stereocenters. The molecule has 0 aromatic rings. The average molecular weight is 406 g/mol. The molecule has 0 saturated carbocycles. The number of carboxylic acids is 1. The molecule has 1 rings (SSSR count). The van der Waals surface area contributed by atoms with Crippen LogP contribution in [0.2, 0.25) is 0 Å². The first kappa shape index (κ1) is 24.8. The minimum atomic E-state index is -1.93. The predicted octanol–water partition coefficient (Wildman–Crippen LogP) is 5.00. The van der Waals surface area contributed by atoms with E-state index in [0.29, 0.717) is 18.9 Å². The van der Waals surface area contributed by atoms with Crippen molar-refractivity contribution in [2.45, 2.75) is 103 Å². The van der Waals surface area contributed by atoms with Gasteiger partial charge in [-0.1, -0.05) is 78.1 Å². The molecule has 1 heterocycles. The summed E-state index contributed by atoms with van der Waals surface area (Å²) in [6.07, 6.45) is 13.6. The molecule has 4 atom stereocenters. The fourth-order valence-corrected chi connectivity index (χ4v) is 4.29. The molecule has 0 amide bonds. The first-order valence-electron chi connectivity index (χ1n) is 10.8. The van der Waals surface area contributed by atoms with E-state index in [0.717, 1.165) is 32.3 Å². The summed E-state index contributed by atoms with van der Waals surface area (Å²) in [6.45, 7) is 5.38. The van der Waals surface area contributed by atoms with Crippen LogP contribution in [0.5, 0.6) is 0 Å². The third kappa shape index (κ3) is 12.7. The SMILES string of the molecule is CCCCCCCCCCCCC(N[P@@](O)OCC1CC(C)CO1)C(=O)O. The lowest BCUT2D eigenvalue weighted by Crippen LogP contribution is -2.34. The van der Waals surface area contributed by atoms with Crippen LogP contribution < -0.4 is 5.09 Å². The van der Waals surface area contributed by atoms with Gasteiger partial charge in [-0.05, 0) is 18.8 Å². The van der Waals surface area contributed by atoms with Gasteiger partial charge in [-0.3, -0.25) is 4.79 Å². The molecule has 0 aromatic carbocycles. The topological polar surface area (TPSA) is 88.0 Å². The molecule has 160 valence electrons. The fraction of sp³-hybridized carbons (Fsp3) is 0.950. The van der Waals surface area contributed by atoms with E-state index >= 15 is 0 Å². The molecule has 0 spiro atoms. The lowest BCUT2D eigenvalue weighted by molar-refractivity contribution is -0.139. The van der Waals surface area contributed by atoms with Crippen molar-refractivity contribution in [3.05, 3.63) is 0 Å². The Morgan fingerprint density at radius 3 is 2.26 bits per heavy atom. The highest BCUT2D eigenvalue weighted by Gasteiger charge is 2.25. The first-order valence-corrected chi connectivity index (χ1v) is 12.0. The van der Waals surface area contributed by atoms with Crippen molar-refractivity contribution in [3.63, 3.8) is 0 Å². The van der Waals surface area contributed by atoms with E-state index in [1.54, 1.807) is 0 Å². The minimum absolute atomic E-state index is 0.00389. The monoisotopic (exact) mass is 405 g/mol. The molecule has 27 heavy (non-hydrogen) atoms. The van der Waals surface area contributed by atoms with Crippen LogP contribution in [0.1, 0.15) is 90.9 Å². The Morgan fingerprint density at radius 2 is 1.74 bits per heavy atom. The second kappa shape index (κ2) is 15.6. The number of hydrogen-bond donors (Lipinski definition) is 3. The molecule has 7 heteroatoms. The number of rotatable bonds is 17. The molecular weight excluding hydrogens is 365 g/mol. The minimum Gasteiger partial charge on any atom is -0.480 e. The highest BCUT2D eigenvalue weighted by atomic mass is 31.2. The summed E-state index contributed by atoms with van der Waals surface area (Å²) in [6, 6.07) is -0.751. The van der Waals surface area contributed by atoms with Crippen LogP contribution in [-0.2, 0) is 14.1 Å². The van der Waals surface area contributed by atoms with Gasteiger partial charge >= 0.3 is 5.97 Å². The van der Waals surface area contributed by atoms with Crippen LogP contribution in [-0.4, -0.2) is 41.3 Å². The summed E-state index contributed by atoms with van der Waals surface area (Å²) in [4.78, 5) is 21.4. The van der Waals surface area contributed by atoms with Crippen LogP contribution in [0, 0.1) is 5.92 Å². The first-order chi connectivity index (χ1) is 13.0. The molecule has 1 fully saturated rings. The van der Waals surface area contributed by atoms with Gasteiger partial charge in [-0.2, -0.15) is 0 Å². The van der Waals surface area contributed by atoms with Crippen molar-refractivity contribution in [2.24, 2.45) is 5.92 Å². The normalized spacial score (nSPS) is 22.0. The zero-order valence-corrected chi connectivity index (χ0v) is 18.1. The number of carboxylic acid groups (broad SMARTS) is 1. The van der Waals surface area contributed by atoms with Crippen molar-refractivity contribution in [3.8, 4) is 0 Å². The summed E-state index contributed by atoms with van der Waals surface area (Å²) in [5.41, 5.74) is 0. The van der Waals surface area contributed by atoms with Crippen molar-refractivity contribution in [1.29, 1.82) is 0 Å². The maximum absolute atomic E-state index is 11.4. The van der Waals surface area contributed by atoms with Crippen LogP contribution in [0.4, 0.5) is 0 Å². The second-order valence-corrected chi connectivity index (χ2v) is 8.92. The smallest absolute Gasteiger partial charge is 0.321 e. The van der Waals surface area contributed by atoms with Gasteiger partial charge in [-0.25, -0.2) is 5.09 Å². The maximum Gasteiger partial charge on any atom is 0.321 e. The highest BCUT2D eigenvalue weighted by molar-refractivity contribution is 7.43. The summed E-state index contributed by atoms with van der Waals surface area (Å²) in [7, 11) is -1.93. The average Bonchev–Trinajstić information content (AvgIpc) is 3.05. The fourth-order valence-electron chi connectivity index (χ4n) is 3.40. The summed E-state index contributed by atoms with van der Waals surface area (Å²) in [5.74, 6) is -0.415. The van der Waals surface area contributed by atoms with Gasteiger partial charge in [0.25, 0.3) is 8.53 Å². The molecule has 1 saturated heterocycles. The van der Waals surface area contributed by atoms with E-state index in [2.05, 4.69) is 18.9 Å².